The number of benzene rings is 1. The molecule has 1 saturated carbocycles. The van der Waals surface area contributed by atoms with Gasteiger partial charge in [0.25, 0.3) is 0 Å². The van der Waals surface area contributed by atoms with Crippen molar-refractivity contribution < 1.29 is 9.53 Å². The van der Waals surface area contributed by atoms with Crippen LogP contribution in [0.25, 0.3) is 0 Å². The van der Waals surface area contributed by atoms with Gasteiger partial charge in [-0.15, -0.1) is 12.4 Å². The van der Waals surface area contributed by atoms with Crippen LogP contribution in [0.4, 0.5) is 0 Å². The highest BCUT2D eigenvalue weighted by atomic mass is 35.5. The normalized spacial score (nSPS) is 20.6. The summed E-state index contributed by atoms with van der Waals surface area (Å²) in [5, 5.41) is 0. The number of nitrogens with two attached hydrogens (primary N) is 1. The first-order chi connectivity index (χ1) is 11.6. The molecule has 0 aromatic heterocycles. The standard InChI is InChI=1S/C20H30N2O2.ClH/c1-24-18-8-4-3-7-17(18)15-16-9-13-22(14-10-16)19(23)20(21)11-5-2-6-12-20;/h3-4,7-8,16H,2,5-6,9-15,21H2,1H3;1H. The van der Waals surface area contributed by atoms with Crippen molar-refractivity contribution in [1.29, 1.82) is 0 Å². The summed E-state index contributed by atoms with van der Waals surface area (Å²) in [4.78, 5) is 14.8. The number of amides is 1. The zero-order valence-corrected chi connectivity index (χ0v) is 16.0. The van der Waals surface area contributed by atoms with E-state index in [0.717, 1.165) is 63.8 Å². The van der Waals surface area contributed by atoms with Gasteiger partial charge in [0.2, 0.25) is 5.91 Å². The molecule has 1 aromatic carbocycles. The van der Waals surface area contributed by atoms with Crippen molar-refractivity contribution in [3.8, 4) is 5.75 Å². The van der Waals surface area contributed by atoms with Gasteiger partial charge in [0.05, 0.1) is 12.6 Å². The Morgan fingerprint density at radius 1 is 1.20 bits per heavy atom. The highest BCUT2D eigenvalue weighted by Gasteiger charge is 2.39. The van der Waals surface area contributed by atoms with Crippen LogP contribution in [0.15, 0.2) is 24.3 Å². The molecule has 25 heavy (non-hydrogen) atoms. The third-order valence-corrected chi connectivity index (χ3v) is 5.77. The summed E-state index contributed by atoms with van der Waals surface area (Å²) in [6.07, 6.45) is 8.24. The van der Waals surface area contributed by atoms with Gasteiger partial charge >= 0.3 is 0 Å². The maximum Gasteiger partial charge on any atom is 0.242 e. The molecular weight excluding hydrogens is 336 g/mol. The molecule has 1 heterocycles. The van der Waals surface area contributed by atoms with Gasteiger partial charge in [0.1, 0.15) is 5.75 Å². The zero-order valence-electron chi connectivity index (χ0n) is 15.2. The van der Waals surface area contributed by atoms with Crippen LogP contribution in [-0.2, 0) is 11.2 Å². The molecule has 2 aliphatic rings. The van der Waals surface area contributed by atoms with Crippen molar-refractivity contribution in [1.82, 2.24) is 4.90 Å². The van der Waals surface area contributed by atoms with E-state index in [4.69, 9.17) is 10.5 Å². The fourth-order valence-corrected chi connectivity index (χ4v) is 4.23. The second-order valence-corrected chi connectivity index (χ2v) is 7.47. The van der Waals surface area contributed by atoms with Gasteiger partial charge in [-0.1, -0.05) is 37.5 Å². The van der Waals surface area contributed by atoms with E-state index < -0.39 is 5.54 Å². The van der Waals surface area contributed by atoms with Gasteiger partial charge in [-0.3, -0.25) is 4.79 Å². The van der Waals surface area contributed by atoms with Crippen molar-refractivity contribution in [2.75, 3.05) is 20.2 Å². The van der Waals surface area contributed by atoms with E-state index in [0.29, 0.717) is 5.92 Å². The van der Waals surface area contributed by atoms with Crippen LogP contribution in [0, 0.1) is 5.92 Å². The molecule has 0 bridgehead atoms. The Morgan fingerprint density at radius 2 is 1.84 bits per heavy atom. The molecule has 5 heteroatoms. The Bertz CT molecular complexity index is 565. The molecule has 1 aromatic rings. The zero-order chi connectivity index (χ0) is 17.0. The first kappa shape index (κ1) is 20.1. The van der Waals surface area contributed by atoms with Gasteiger partial charge in [0, 0.05) is 13.1 Å². The average Bonchev–Trinajstić information content (AvgIpc) is 2.63. The Balaban J connectivity index is 0.00000225. The van der Waals surface area contributed by atoms with Crippen LogP contribution in [0.2, 0.25) is 0 Å². The van der Waals surface area contributed by atoms with Gasteiger partial charge in [-0.05, 0) is 49.7 Å². The lowest BCUT2D eigenvalue weighted by Crippen LogP contribution is -2.57. The number of nitrogens with zero attached hydrogens (tertiary/aromatic N) is 1. The van der Waals surface area contributed by atoms with Crippen molar-refractivity contribution in [2.45, 2.75) is 56.9 Å². The molecule has 4 nitrogen and oxygen atoms in total. The number of halogens is 1. The van der Waals surface area contributed by atoms with Crippen molar-refractivity contribution in [2.24, 2.45) is 11.7 Å². The van der Waals surface area contributed by atoms with Crippen LogP contribution in [0.5, 0.6) is 5.75 Å². The van der Waals surface area contributed by atoms with Crippen LogP contribution >= 0.6 is 12.4 Å². The molecule has 2 N–H and O–H groups in total. The predicted octanol–water partition coefficient (Wildman–Crippen LogP) is 3.56. The third-order valence-electron chi connectivity index (χ3n) is 5.77. The topological polar surface area (TPSA) is 55.6 Å². The fourth-order valence-electron chi connectivity index (χ4n) is 4.23. The first-order valence-electron chi connectivity index (χ1n) is 9.32. The minimum atomic E-state index is -0.590. The van der Waals surface area contributed by atoms with E-state index in [1.165, 1.54) is 12.0 Å². The van der Waals surface area contributed by atoms with Crippen LogP contribution < -0.4 is 10.5 Å². The average molecular weight is 367 g/mol. The molecule has 1 aliphatic heterocycles. The Labute approximate surface area is 157 Å². The maximum absolute atomic E-state index is 12.8. The number of carbonyl (C=O) groups excluding carboxylic acids is 1. The first-order valence-corrected chi connectivity index (χ1v) is 9.32. The smallest absolute Gasteiger partial charge is 0.242 e. The van der Waals surface area contributed by atoms with Crippen molar-refractivity contribution in [3.63, 3.8) is 0 Å². The lowest BCUT2D eigenvalue weighted by atomic mass is 9.80. The molecule has 2 fully saturated rings. The molecule has 0 atom stereocenters. The van der Waals surface area contributed by atoms with Crippen LogP contribution in [0.3, 0.4) is 0 Å². The van der Waals surface area contributed by atoms with Gasteiger partial charge < -0.3 is 15.4 Å². The van der Waals surface area contributed by atoms with Gasteiger partial charge in [-0.25, -0.2) is 0 Å². The SMILES string of the molecule is COc1ccccc1CC1CCN(C(=O)C2(N)CCCCC2)CC1.Cl. The number of rotatable bonds is 4. The number of hydrogen-bond donors (Lipinski definition) is 1. The molecule has 0 spiro atoms. The lowest BCUT2D eigenvalue weighted by molar-refractivity contribution is -0.139. The quantitative estimate of drug-likeness (QED) is 0.886. The van der Waals surface area contributed by atoms with E-state index in [1.807, 2.05) is 17.0 Å². The van der Waals surface area contributed by atoms with E-state index in [1.54, 1.807) is 7.11 Å². The van der Waals surface area contributed by atoms with Crippen LogP contribution in [-0.4, -0.2) is 36.5 Å². The number of likely N-dealkylation sites (tertiary alicyclic amines) is 1. The largest absolute Gasteiger partial charge is 0.496 e. The summed E-state index contributed by atoms with van der Waals surface area (Å²) in [6.45, 7) is 1.69. The molecule has 1 saturated heterocycles. The number of para-hydroxylation sites is 1. The number of piperidine rings is 1. The Hall–Kier alpha value is -1.26. The summed E-state index contributed by atoms with van der Waals surface area (Å²) in [5.74, 6) is 1.78. The second-order valence-electron chi connectivity index (χ2n) is 7.47. The van der Waals surface area contributed by atoms with E-state index >= 15 is 0 Å². The van der Waals surface area contributed by atoms with E-state index in [2.05, 4.69) is 12.1 Å². The van der Waals surface area contributed by atoms with Crippen LogP contribution in [0.1, 0.15) is 50.5 Å². The second kappa shape index (κ2) is 8.91. The summed E-state index contributed by atoms with van der Waals surface area (Å²) in [5.41, 5.74) is 7.10. The predicted molar refractivity (Wildman–Crippen MR) is 103 cm³/mol. The molecule has 3 rings (SSSR count). The summed E-state index contributed by atoms with van der Waals surface area (Å²) < 4.78 is 5.46. The monoisotopic (exact) mass is 366 g/mol. The summed E-state index contributed by atoms with van der Waals surface area (Å²) in [7, 11) is 1.73. The highest BCUT2D eigenvalue weighted by Crippen LogP contribution is 2.31. The molecular formula is C20H31ClN2O2. The van der Waals surface area contributed by atoms with Crippen molar-refractivity contribution in [3.05, 3.63) is 29.8 Å². The minimum absolute atomic E-state index is 0. The number of ether oxygens (including phenoxy) is 1. The fraction of sp³-hybridized carbons (Fsp3) is 0.650. The molecule has 140 valence electrons. The summed E-state index contributed by atoms with van der Waals surface area (Å²) in [6, 6.07) is 8.24. The van der Waals surface area contributed by atoms with Gasteiger partial charge in [0.15, 0.2) is 0 Å². The van der Waals surface area contributed by atoms with E-state index in [-0.39, 0.29) is 18.3 Å². The Kier molecular flexibility index (Phi) is 7.14. The lowest BCUT2D eigenvalue weighted by Gasteiger charge is -2.40. The van der Waals surface area contributed by atoms with Crippen molar-refractivity contribution >= 4 is 18.3 Å². The molecule has 1 aliphatic carbocycles. The number of methoxy groups -OCH3 is 1. The summed E-state index contributed by atoms with van der Waals surface area (Å²) >= 11 is 0. The number of carbonyl (C=O) groups is 1. The van der Waals surface area contributed by atoms with Gasteiger partial charge in [-0.2, -0.15) is 0 Å². The molecule has 0 radical (unpaired) electrons. The molecule has 0 unspecified atom stereocenters. The molecule has 1 amide bonds. The minimum Gasteiger partial charge on any atom is -0.496 e. The highest BCUT2D eigenvalue weighted by molar-refractivity contribution is 5.86. The Morgan fingerprint density at radius 3 is 2.48 bits per heavy atom. The maximum atomic E-state index is 12.8. The van der Waals surface area contributed by atoms with E-state index in [9.17, 15) is 4.79 Å². The third kappa shape index (κ3) is 4.68. The number of hydrogen-bond acceptors (Lipinski definition) is 3.